The van der Waals surface area contributed by atoms with Crippen LogP contribution in [0.4, 0.5) is 10.1 Å². The molecule has 146 valence electrons. The van der Waals surface area contributed by atoms with Crippen LogP contribution in [0, 0.1) is 5.82 Å². The summed E-state index contributed by atoms with van der Waals surface area (Å²) in [5.74, 6) is -0.187. The highest BCUT2D eigenvalue weighted by Gasteiger charge is 2.19. The van der Waals surface area contributed by atoms with Crippen LogP contribution in [-0.2, 0) is 10.0 Å². The molecule has 0 unspecified atom stereocenters. The second-order valence-electron chi connectivity index (χ2n) is 6.49. The summed E-state index contributed by atoms with van der Waals surface area (Å²) in [6, 6.07) is 13.4. The van der Waals surface area contributed by atoms with E-state index < -0.39 is 10.0 Å². The average Bonchev–Trinajstić information content (AvgIpc) is 2.67. The van der Waals surface area contributed by atoms with Crippen molar-refractivity contribution in [2.45, 2.75) is 11.3 Å². The highest BCUT2D eigenvalue weighted by atomic mass is 79.9. The van der Waals surface area contributed by atoms with Crippen molar-refractivity contribution >= 4 is 31.6 Å². The molecule has 1 heterocycles. The van der Waals surface area contributed by atoms with E-state index in [-0.39, 0.29) is 10.7 Å². The van der Waals surface area contributed by atoms with E-state index >= 15 is 0 Å². The monoisotopic (exact) mass is 455 g/mol. The lowest BCUT2D eigenvalue weighted by Gasteiger charge is -2.36. The maximum absolute atomic E-state index is 13.9. The first-order chi connectivity index (χ1) is 13.0. The van der Waals surface area contributed by atoms with Crippen LogP contribution in [0.5, 0.6) is 0 Å². The lowest BCUT2D eigenvalue weighted by molar-refractivity contribution is 0.255. The molecule has 0 spiro atoms. The summed E-state index contributed by atoms with van der Waals surface area (Å²) in [6.07, 6.45) is 0.732. The van der Waals surface area contributed by atoms with Crippen LogP contribution in [-0.4, -0.2) is 52.6 Å². The molecule has 27 heavy (non-hydrogen) atoms. The molecular formula is C19H23BrFN3O2S. The number of anilines is 1. The second-order valence-corrected chi connectivity index (χ2v) is 9.17. The molecule has 3 rings (SSSR count). The highest BCUT2D eigenvalue weighted by Crippen LogP contribution is 2.20. The minimum Gasteiger partial charge on any atom is -0.367 e. The van der Waals surface area contributed by atoms with Gasteiger partial charge in [0.05, 0.1) is 10.6 Å². The van der Waals surface area contributed by atoms with Crippen LogP contribution in [0.3, 0.4) is 0 Å². The Labute approximate surface area is 168 Å². The lowest BCUT2D eigenvalue weighted by atomic mass is 10.2. The molecule has 0 aliphatic carbocycles. The standard InChI is InChI=1S/C19H23BrFN3O2S/c20-16-6-8-17(9-7-16)27(25,26)22-10-3-11-23-12-14-24(15-13-23)19-5-2-1-4-18(19)21/h1-2,4-9,22H,3,10-15H2. The van der Waals surface area contributed by atoms with E-state index in [1.807, 2.05) is 12.1 Å². The Hall–Kier alpha value is -1.48. The van der Waals surface area contributed by atoms with Crippen molar-refractivity contribution in [1.29, 1.82) is 0 Å². The van der Waals surface area contributed by atoms with E-state index in [2.05, 4.69) is 30.5 Å². The summed E-state index contributed by atoms with van der Waals surface area (Å²) < 4.78 is 41.8. The maximum atomic E-state index is 13.9. The highest BCUT2D eigenvalue weighted by molar-refractivity contribution is 9.10. The number of rotatable bonds is 7. The molecule has 1 saturated heterocycles. The Kier molecular flexibility index (Phi) is 6.86. The van der Waals surface area contributed by atoms with E-state index in [0.717, 1.165) is 43.6 Å². The number of benzene rings is 2. The SMILES string of the molecule is O=S(=O)(NCCCN1CCN(c2ccccc2F)CC1)c1ccc(Br)cc1. The average molecular weight is 456 g/mol. The van der Waals surface area contributed by atoms with E-state index in [0.29, 0.717) is 12.2 Å². The first kappa shape index (κ1) is 20.3. The maximum Gasteiger partial charge on any atom is 0.240 e. The van der Waals surface area contributed by atoms with Gasteiger partial charge in [-0.25, -0.2) is 17.5 Å². The molecule has 0 saturated carbocycles. The quantitative estimate of drug-likeness (QED) is 0.651. The fourth-order valence-corrected chi connectivity index (χ4v) is 4.47. The topological polar surface area (TPSA) is 52.7 Å². The minimum atomic E-state index is -3.47. The molecule has 1 aliphatic rings. The van der Waals surface area contributed by atoms with Gasteiger partial charge in [0.1, 0.15) is 5.82 Å². The summed E-state index contributed by atoms with van der Waals surface area (Å²) in [5, 5.41) is 0. The van der Waals surface area contributed by atoms with Crippen LogP contribution in [0.2, 0.25) is 0 Å². The van der Waals surface area contributed by atoms with Crippen LogP contribution in [0.25, 0.3) is 0 Å². The first-order valence-electron chi connectivity index (χ1n) is 8.93. The number of para-hydroxylation sites is 1. The number of hydrogen-bond donors (Lipinski definition) is 1. The zero-order valence-corrected chi connectivity index (χ0v) is 17.3. The predicted octanol–water partition coefficient (Wildman–Crippen LogP) is 3.08. The third-order valence-electron chi connectivity index (χ3n) is 4.63. The number of halogens is 2. The lowest BCUT2D eigenvalue weighted by Crippen LogP contribution is -2.47. The third-order valence-corrected chi connectivity index (χ3v) is 6.64. The van der Waals surface area contributed by atoms with E-state index in [1.54, 1.807) is 30.3 Å². The Balaban J connectivity index is 1.40. The molecule has 1 aliphatic heterocycles. The van der Waals surface area contributed by atoms with E-state index in [9.17, 15) is 12.8 Å². The van der Waals surface area contributed by atoms with Crippen molar-refractivity contribution in [2.75, 3.05) is 44.2 Å². The third kappa shape index (κ3) is 5.51. The van der Waals surface area contributed by atoms with Gasteiger partial charge in [-0.05, 0) is 49.4 Å². The summed E-state index contributed by atoms with van der Waals surface area (Å²) >= 11 is 3.30. The molecular weight excluding hydrogens is 433 g/mol. The Morgan fingerprint density at radius 1 is 1.00 bits per heavy atom. The van der Waals surface area contributed by atoms with Crippen molar-refractivity contribution in [3.05, 3.63) is 58.8 Å². The van der Waals surface area contributed by atoms with Crippen LogP contribution < -0.4 is 9.62 Å². The van der Waals surface area contributed by atoms with E-state index in [1.165, 1.54) is 6.07 Å². The van der Waals surface area contributed by atoms with Gasteiger partial charge in [-0.3, -0.25) is 4.90 Å². The minimum absolute atomic E-state index is 0.187. The van der Waals surface area contributed by atoms with Crippen LogP contribution in [0.1, 0.15) is 6.42 Å². The molecule has 1 fully saturated rings. The van der Waals surface area contributed by atoms with E-state index in [4.69, 9.17) is 0 Å². The molecule has 0 amide bonds. The van der Waals surface area contributed by atoms with Gasteiger partial charge < -0.3 is 4.90 Å². The number of nitrogens with zero attached hydrogens (tertiary/aromatic N) is 2. The van der Waals surface area contributed by atoms with Crippen molar-refractivity contribution in [1.82, 2.24) is 9.62 Å². The first-order valence-corrected chi connectivity index (χ1v) is 11.2. The van der Waals surface area contributed by atoms with Gasteiger partial charge >= 0.3 is 0 Å². The molecule has 8 heteroatoms. The fourth-order valence-electron chi connectivity index (χ4n) is 3.13. The van der Waals surface area contributed by atoms with Crippen molar-refractivity contribution in [2.24, 2.45) is 0 Å². The largest absolute Gasteiger partial charge is 0.367 e. The second kappa shape index (κ2) is 9.14. The van der Waals surface area contributed by atoms with Gasteiger partial charge in [0.15, 0.2) is 0 Å². The van der Waals surface area contributed by atoms with Crippen LogP contribution in [0.15, 0.2) is 57.9 Å². The van der Waals surface area contributed by atoms with Gasteiger partial charge in [0.25, 0.3) is 0 Å². The summed E-state index contributed by atoms with van der Waals surface area (Å²) in [4.78, 5) is 4.61. The molecule has 0 radical (unpaired) electrons. The predicted molar refractivity (Wildman–Crippen MR) is 109 cm³/mol. The zero-order chi connectivity index (χ0) is 19.3. The van der Waals surface area contributed by atoms with Gasteiger partial charge in [-0.2, -0.15) is 0 Å². The summed E-state index contributed by atoms with van der Waals surface area (Å²) in [5.41, 5.74) is 0.652. The van der Waals surface area contributed by atoms with Gasteiger partial charge in [0.2, 0.25) is 10.0 Å². The number of sulfonamides is 1. The zero-order valence-electron chi connectivity index (χ0n) is 14.9. The Morgan fingerprint density at radius 3 is 2.33 bits per heavy atom. The normalized spacial score (nSPS) is 15.9. The number of nitrogens with one attached hydrogen (secondary N) is 1. The molecule has 5 nitrogen and oxygen atoms in total. The molecule has 0 atom stereocenters. The molecule has 1 N–H and O–H groups in total. The van der Waals surface area contributed by atoms with Gasteiger partial charge in [0, 0.05) is 37.2 Å². The van der Waals surface area contributed by atoms with Crippen molar-refractivity contribution < 1.29 is 12.8 Å². The van der Waals surface area contributed by atoms with Crippen LogP contribution >= 0.6 is 15.9 Å². The fraction of sp³-hybridized carbons (Fsp3) is 0.368. The Morgan fingerprint density at radius 2 is 1.67 bits per heavy atom. The number of hydrogen-bond acceptors (Lipinski definition) is 4. The number of piperazine rings is 1. The summed E-state index contributed by atoms with van der Waals surface area (Å²) in [6.45, 7) is 4.43. The molecule has 2 aromatic carbocycles. The van der Waals surface area contributed by atoms with Gasteiger partial charge in [-0.15, -0.1) is 0 Å². The molecule has 0 aromatic heterocycles. The smallest absolute Gasteiger partial charge is 0.240 e. The van der Waals surface area contributed by atoms with Gasteiger partial charge in [-0.1, -0.05) is 28.1 Å². The molecule has 0 bridgehead atoms. The Bertz CT molecular complexity index is 854. The van der Waals surface area contributed by atoms with Crippen molar-refractivity contribution in [3.63, 3.8) is 0 Å². The molecule has 2 aromatic rings. The summed E-state index contributed by atoms with van der Waals surface area (Å²) in [7, 11) is -3.47. The van der Waals surface area contributed by atoms with Crippen molar-refractivity contribution in [3.8, 4) is 0 Å².